The molecule has 1 aliphatic rings. The van der Waals surface area contributed by atoms with Crippen molar-refractivity contribution in [2.75, 3.05) is 19.6 Å². The molecule has 1 saturated heterocycles. The highest BCUT2D eigenvalue weighted by Crippen LogP contribution is 2.08. The lowest BCUT2D eigenvalue weighted by Crippen LogP contribution is -2.52. The van der Waals surface area contributed by atoms with E-state index in [1.54, 1.807) is 23.1 Å². The highest BCUT2D eigenvalue weighted by molar-refractivity contribution is 5.95. The largest absolute Gasteiger partial charge is 0.334 e. The second-order valence-corrected chi connectivity index (χ2v) is 5.05. The average molecular weight is 272 g/mol. The van der Waals surface area contributed by atoms with Crippen molar-refractivity contribution in [2.45, 2.75) is 13.0 Å². The van der Waals surface area contributed by atoms with E-state index < -0.39 is 0 Å². The molecular weight excluding hydrogens is 256 g/mol. The van der Waals surface area contributed by atoms with Crippen molar-refractivity contribution in [3.8, 4) is 0 Å². The number of rotatable bonds is 1. The maximum absolute atomic E-state index is 12.4. The predicted octanol–water partition coefficient (Wildman–Crippen LogP) is 0.357. The van der Waals surface area contributed by atoms with Gasteiger partial charge in [-0.2, -0.15) is 5.10 Å². The molecule has 0 bridgehead atoms. The van der Waals surface area contributed by atoms with Gasteiger partial charge in [-0.1, -0.05) is 12.1 Å². The number of hydrogen-bond acceptors (Lipinski definition) is 4. The van der Waals surface area contributed by atoms with E-state index in [0.29, 0.717) is 24.0 Å². The normalized spacial score (nSPS) is 19.2. The SMILES string of the molecule is C[C@@H]1CN(C(=O)c2n[nH]c3ccccc3c2=O)CCN1. The van der Waals surface area contributed by atoms with Gasteiger partial charge in [-0.25, -0.2) is 0 Å². The van der Waals surface area contributed by atoms with Crippen LogP contribution in [0.5, 0.6) is 0 Å². The highest BCUT2D eigenvalue weighted by atomic mass is 16.2. The molecule has 0 spiro atoms. The summed E-state index contributed by atoms with van der Waals surface area (Å²) in [5.41, 5.74) is 0.302. The second kappa shape index (κ2) is 5.05. The van der Waals surface area contributed by atoms with Crippen LogP contribution in [0, 0.1) is 0 Å². The van der Waals surface area contributed by atoms with Crippen molar-refractivity contribution in [3.63, 3.8) is 0 Å². The number of nitrogens with one attached hydrogen (secondary N) is 2. The number of fused-ring (bicyclic) bond motifs is 1. The molecule has 1 aromatic heterocycles. The van der Waals surface area contributed by atoms with Crippen LogP contribution in [0.25, 0.3) is 10.9 Å². The summed E-state index contributed by atoms with van der Waals surface area (Å²) in [7, 11) is 0. The Morgan fingerprint density at radius 2 is 2.20 bits per heavy atom. The zero-order chi connectivity index (χ0) is 14.1. The Hall–Kier alpha value is -2.21. The monoisotopic (exact) mass is 272 g/mol. The summed E-state index contributed by atoms with van der Waals surface area (Å²) < 4.78 is 0. The highest BCUT2D eigenvalue weighted by Gasteiger charge is 2.25. The van der Waals surface area contributed by atoms with Crippen molar-refractivity contribution >= 4 is 16.8 Å². The molecule has 1 fully saturated rings. The Kier molecular flexibility index (Phi) is 3.23. The predicted molar refractivity (Wildman–Crippen MR) is 75.7 cm³/mol. The van der Waals surface area contributed by atoms with Crippen molar-refractivity contribution in [1.82, 2.24) is 20.4 Å². The molecular formula is C14H16N4O2. The lowest BCUT2D eigenvalue weighted by Gasteiger charge is -2.31. The van der Waals surface area contributed by atoms with Crippen LogP contribution >= 0.6 is 0 Å². The molecule has 0 saturated carbocycles. The van der Waals surface area contributed by atoms with Crippen molar-refractivity contribution in [3.05, 3.63) is 40.2 Å². The van der Waals surface area contributed by atoms with Gasteiger partial charge >= 0.3 is 0 Å². The maximum Gasteiger partial charge on any atom is 0.278 e. The molecule has 2 N–H and O–H groups in total. The van der Waals surface area contributed by atoms with E-state index in [1.165, 1.54) is 0 Å². The number of para-hydroxylation sites is 1. The van der Waals surface area contributed by atoms with E-state index in [0.717, 1.165) is 6.54 Å². The van der Waals surface area contributed by atoms with Gasteiger partial charge in [0.25, 0.3) is 5.91 Å². The molecule has 2 heterocycles. The molecule has 3 rings (SSSR count). The van der Waals surface area contributed by atoms with Crippen LogP contribution in [0.15, 0.2) is 29.1 Å². The molecule has 1 aromatic carbocycles. The fourth-order valence-corrected chi connectivity index (χ4v) is 2.48. The van der Waals surface area contributed by atoms with Crippen LogP contribution in [-0.2, 0) is 0 Å². The minimum atomic E-state index is -0.310. The van der Waals surface area contributed by atoms with Crippen LogP contribution in [0.4, 0.5) is 0 Å². The molecule has 20 heavy (non-hydrogen) atoms. The van der Waals surface area contributed by atoms with E-state index in [-0.39, 0.29) is 23.1 Å². The number of aromatic nitrogens is 2. The molecule has 104 valence electrons. The van der Waals surface area contributed by atoms with Gasteiger partial charge in [0.05, 0.1) is 5.52 Å². The van der Waals surface area contributed by atoms with Gasteiger partial charge in [-0.15, -0.1) is 0 Å². The summed E-state index contributed by atoms with van der Waals surface area (Å²) in [5.74, 6) is -0.301. The Balaban J connectivity index is 1.99. The van der Waals surface area contributed by atoms with Gasteiger partial charge in [-0.3, -0.25) is 14.7 Å². The van der Waals surface area contributed by atoms with Crippen LogP contribution in [0.1, 0.15) is 17.4 Å². The molecule has 0 unspecified atom stereocenters. The fourth-order valence-electron chi connectivity index (χ4n) is 2.48. The van der Waals surface area contributed by atoms with Crippen LogP contribution in [-0.4, -0.2) is 46.7 Å². The molecule has 0 aliphatic carbocycles. The van der Waals surface area contributed by atoms with Crippen molar-refractivity contribution < 1.29 is 4.79 Å². The summed E-state index contributed by atoms with van der Waals surface area (Å²) >= 11 is 0. The number of amides is 1. The zero-order valence-electron chi connectivity index (χ0n) is 11.2. The van der Waals surface area contributed by atoms with Gasteiger partial charge in [-0.05, 0) is 19.1 Å². The number of piperazine rings is 1. The van der Waals surface area contributed by atoms with Crippen molar-refractivity contribution in [2.24, 2.45) is 0 Å². The number of hydrogen-bond donors (Lipinski definition) is 2. The molecule has 2 aromatic rings. The molecule has 6 nitrogen and oxygen atoms in total. The van der Waals surface area contributed by atoms with E-state index >= 15 is 0 Å². The quantitative estimate of drug-likeness (QED) is 0.785. The Labute approximate surface area is 115 Å². The molecule has 1 amide bonds. The molecule has 1 aliphatic heterocycles. The molecule has 1 atom stereocenters. The van der Waals surface area contributed by atoms with E-state index in [2.05, 4.69) is 15.5 Å². The van der Waals surface area contributed by atoms with E-state index in [9.17, 15) is 9.59 Å². The van der Waals surface area contributed by atoms with Gasteiger partial charge in [0.15, 0.2) is 5.69 Å². The third-order valence-corrected chi connectivity index (χ3v) is 3.53. The van der Waals surface area contributed by atoms with Crippen LogP contribution < -0.4 is 10.7 Å². The minimum Gasteiger partial charge on any atom is -0.334 e. The van der Waals surface area contributed by atoms with Crippen molar-refractivity contribution in [1.29, 1.82) is 0 Å². The Morgan fingerprint density at radius 3 is 3.00 bits per heavy atom. The first kappa shape index (κ1) is 12.8. The third kappa shape index (κ3) is 2.18. The second-order valence-electron chi connectivity index (χ2n) is 5.05. The first-order chi connectivity index (χ1) is 9.66. The summed E-state index contributed by atoms with van der Waals surface area (Å²) in [5, 5.41) is 10.5. The van der Waals surface area contributed by atoms with Gasteiger partial charge in [0.2, 0.25) is 5.43 Å². The van der Waals surface area contributed by atoms with Crippen LogP contribution in [0.3, 0.4) is 0 Å². The third-order valence-electron chi connectivity index (χ3n) is 3.53. The summed E-state index contributed by atoms with van der Waals surface area (Å²) in [6.45, 7) is 3.93. The van der Waals surface area contributed by atoms with Gasteiger partial charge in [0.1, 0.15) is 0 Å². The standard InChI is InChI=1S/C14H16N4O2/c1-9-8-18(7-6-15-9)14(20)12-13(19)10-4-2-3-5-11(10)16-17-12/h2-5,9,15H,6-8H2,1H3,(H,16,19)/t9-/m1/s1. The first-order valence-corrected chi connectivity index (χ1v) is 6.67. The number of H-pyrrole nitrogens is 1. The Morgan fingerprint density at radius 1 is 1.40 bits per heavy atom. The van der Waals surface area contributed by atoms with Crippen LogP contribution in [0.2, 0.25) is 0 Å². The molecule has 6 heteroatoms. The summed E-state index contributed by atoms with van der Waals surface area (Å²) in [6.07, 6.45) is 0. The lowest BCUT2D eigenvalue weighted by molar-refractivity contribution is 0.0701. The van der Waals surface area contributed by atoms with E-state index in [1.807, 2.05) is 13.0 Å². The summed E-state index contributed by atoms with van der Waals surface area (Å²) in [6, 6.07) is 7.29. The smallest absolute Gasteiger partial charge is 0.278 e. The van der Waals surface area contributed by atoms with E-state index in [4.69, 9.17) is 0 Å². The Bertz CT molecular complexity index is 710. The fraction of sp³-hybridized carbons (Fsp3) is 0.357. The number of benzene rings is 1. The number of aromatic amines is 1. The topological polar surface area (TPSA) is 78.1 Å². The number of carbonyl (C=O) groups excluding carboxylic acids is 1. The number of nitrogens with zero attached hydrogens (tertiary/aromatic N) is 2. The average Bonchev–Trinajstić information content (AvgIpc) is 2.47. The summed E-state index contributed by atoms with van der Waals surface area (Å²) in [4.78, 5) is 26.4. The maximum atomic E-state index is 12.4. The number of carbonyl (C=O) groups is 1. The minimum absolute atomic E-state index is 0.0298. The molecule has 0 radical (unpaired) electrons. The zero-order valence-corrected chi connectivity index (χ0v) is 11.2. The van der Waals surface area contributed by atoms with Gasteiger partial charge < -0.3 is 10.2 Å². The van der Waals surface area contributed by atoms with Gasteiger partial charge in [0, 0.05) is 31.1 Å². The first-order valence-electron chi connectivity index (χ1n) is 6.67. The lowest BCUT2D eigenvalue weighted by atomic mass is 10.1.